The summed E-state index contributed by atoms with van der Waals surface area (Å²) in [5.74, 6) is -1.65. The van der Waals surface area contributed by atoms with E-state index < -0.39 is 84.7 Å². The van der Waals surface area contributed by atoms with Gasteiger partial charge in [0.25, 0.3) is 35.9 Å². The number of carbonyl (C=O) groups excluding carboxylic acids is 2. The van der Waals surface area contributed by atoms with Gasteiger partial charge in [0.2, 0.25) is 16.5 Å². The molecule has 0 bridgehead atoms. The molecule has 1 aliphatic carbocycles. The number of ketones is 2. The van der Waals surface area contributed by atoms with Crippen LogP contribution in [-0.2, 0) is 37.4 Å². The highest BCUT2D eigenvalue weighted by atomic mass is 35.5. The predicted octanol–water partition coefficient (Wildman–Crippen LogP) is 2.88. The van der Waals surface area contributed by atoms with Crippen molar-refractivity contribution in [3.05, 3.63) is 122 Å². The van der Waals surface area contributed by atoms with Gasteiger partial charge in [-0.05, 0) is 53.6 Å². The number of halogens is 1. The Hall–Kier alpha value is -6.14. The van der Waals surface area contributed by atoms with Crippen LogP contribution < -0.4 is 22.1 Å². The van der Waals surface area contributed by atoms with Crippen molar-refractivity contribution >= 4 is 81.5 Å². The zero-order valence-corrected chi connectivity index (χ0v) is 31.1. The molecule has 0 atom stereocenters. The maximum Gasteiger partial charge on any atom is 0.296 e. The minimum Gasteiger partial charge on any atom is -0.354 e. The summed E-state index contributed by atoms with van der Waals surface area (Å²) in [6.45, 7) is 0. The van der Waals surface area contributed by atoms with Crippen molar-refractivity contribution in [2.45, 2.75) is 14.7 Å². The Labute approximate surface area is 318 Å². The van der Waals surface area contributed by atoms with Gasteiger partial charge in [-0.3, -0.25) is 38.4 Å². The first kappa shape index (κ1) is 38.1. The number of nitrogens with one attached hydrogen (secondary N) is 4. The van der Waals surface area contributed by atoms with E-state index >= 15 is 0 Å². The van der Waals surface area contributed by atoms with Gasteiger partial charge in [-0.15, -0.1) is 0 Å². The number of benzene rings is 4. The molecular weight excluding hydrogens is 818 g/mol. The van der Waals surface area contributed by atoms with Crippen molar-refractivity contribution in [3.8, 4) is 11.1 Å². The number of hydrogen-bond donors (Lipinski definition) is 7. The Morgan fingerprint density at radius 1 is 0.821 bits per heavy atom. The summed E-state index contributed by atoms with van der Waals surface area (Å²) in [7, 11) is -14.0. The minimum absolute atomic E-state index is 0.0104. The second-order valence-electron chi connectivity index (χ2n) is 12.1. The molecule has 0 amide bonds. The number of aryl methyl sites for hydroxylation is 1. The topological polar surface area (TPSA) is 312 Å². The zero-order chi connectivity index (χ0) is 40.6. The number of aromatic nitrogens is 4. The van der Waals surface area contributed by atoms with E-state index in [0.717, 1.165) is 22.8 Å². The predicted molar refractivity (Wildman–Crippen MR) is 196 cm³/mol. The van der Waals surface area contributed by atoms with Crippen LogP contribution in [0.25, 0.3) is 22.0 Å². The van der Waals surface area contributed by atoms with E-state index in [1.54, 1.807) is 6.07 Å². The smallest absolute Gasteiger partial charge is 0.296 e. The van der Waals surface area contributed by atoms with E-state index in [1.165, 1.54) is 49.5 Å². The van der Waals surface area contributed by atoms with Crippen LogP contribution >= 0.6 is 11.6 Å². The highest BCUT2D eigenvalue weighted by Gasteiger charge is 2.35. The fourth-order valence-corrected chi connectivity index (χ4v) is 8.37. The summed E-state index contributed by atoms with van der Waals surface area (Å²) < 4.78 is 105. The largest absolute Gasteiger partial charge is 0.354 e. The molecule has 0 spiro atoms. The molecule has 7 N–H and O–H groups in total. The van der Waals surface area contributed by atoms with Crippen LogP contribution in [0.1, 0.15) is 31.8 Å². The third-order valence-electron chi connectivity index (χ3n) is 8.64. The SMILES string of the molecule is Cn1c(=O)c(C(=O)c2cccc(S(=O)(=O)O)c2)c2c3c(c(Nc4cc(N=c5[nH]c(Cl)nc(=N)[nH]5)c(S(=O)(=O)O)cc4S(=O)(=O)O)ccc31)C(=O)c1ccccc1-2. The number of fused-ring (bicyclic) bond motifs is 2. The number of pyridine rings is 1. The van der Waals surface area contributed by atoms with Gasteiger partial charge in [-0.2, -0.15) is 30.2 Å². The number of H-pyrrole nitrogens is 2. The van der Waals surface area contributed by atoms with Crippen molar-refractivity contribution in [2.24, 2.45) is 12.0 Å². The van der Waals surface area contributed by atoms with E-state index in [2.05, 4.69) is 25.3 Å². The van der Waals surface area contributed by atoms with E-state index in [0.29, 0.717) is 6.07 Å². The zero-order valence-electron chi connectivity index (χ0n) is 27.9. The van der Waals surface area contributed by atoms with Gasteiger partial charge in [0, 0.05) is 29.1 Å². The fourth-order valence-electron chi connectivity index (χ4n) is 6.30. The summed E-state index contributed by atoms with van der Waals surface area (Å²) >= 11 is 5.86. The molecule has 0 unspecified atom stereocenters. The number of nitrogens with zero attached hydrogens (tertiary/aromatic N) is 3. The first-order chi connectivity index (χ1) is 26.1. The lowest BCUT2D eigenvalue weighted by Crippen LogP contribution is -2.29. The van der Waals surface area contributed by atoms with Gasteiger partial charge < -0.3 is 14.9 Å². The molecule has 0 fully saturated rings. The van der Waals surface area contributed by atoms with Crippen LogP contribution in [-0.4, -0.2) is 70.0 Å². The molecule has 19 nitrogen and oxygen atoms in total. The maximum atomic E-state index is 14.4. The Morgan fingerprint density at radius 2 is 1.50 bits per heavy atom. The molecule has 7 rings (SSSR count). The lowest BCUT2D eigenvalue weighted by atomic mass is 9.80. The second-order valence-corrected chi connectivity index (χ2v) is 16.6. The third-order valence-corrected chi connectivity index (χ3v) is 11.4. The number of carbonyl (C=O) groups is 2. The molecule has 6 aromatic rings. The van der Waals surface area contributed by atoms with E-state index in [9.17, 15) is 53.3 Å². The highest BCUT2D eigenvalue weighted by molar-refractivity contribution is 7.87. The average Bonchev–Trinajstić information content (AvgIpc) is 3.10. The van der Waals surface area contributed by atoms with Crippen molar-refractivity contribution in [3.63, 3.8) is 0 Å². The molecular formula is C33H22ClN7O12S3. The summed E-state index contributed by atoms with van der Waals surface area (Å²) in [5.41, 5.74) is -3.97. The first-order valence-corrected chi connectivity index (χ1v) is 20.2. The molecule has 0 saturated carbocycles. The molecule has 2 aromatic heterocycles. The van der Waals surface area contributed by atoms with E-state index in [1.807, 2.05) is 0 Å². The third kappa shape index (κ3) is 6.63. The standard InChI is InChI=1S/C33H22ClN7O12S3/c1-41-21-10-9-18(36-19-12-20(37-33-39-31(34)38-32(35)40-33)23(56(51,52)53)13-22(19)55(48,49)50)25-26(21)24(16-7-2-3-8-17(16)29(25)43)27(30(41)44)28(42)14-5-4-6-15(11-14)54(45,46)47/h2-13,36H,1H3,(H,45,46,47)(H,48,49,50)(H,51,52,53)(H3,35,37,38,39,40). The van der Waals surface area contributed by atoms with E-state index in [4.69, 9.17) is 17.0 Å². The molecule has 56 heavy (non-hydrogen) atoms. The summed E-state index contributed by atoms with van der Waals surface area (Å²) in [5, 5.41) is 10.1. The van der Waals surface area contributed by atoms with Crippen molar-refractivity contribution < 1.29 is 48.5 Å². The monoisotopic (exact) mass is 839 g/mol. The number of hydrogen-bond acceptors (Lipinski definition) is 13. The van der Waals surface area contributed by atoms with E-state index in [-0.39, 0.29) is 55.3 Å². The molecule has 0 aliphatic heterocycles. The normalized spacial score (nSPS) is 13.2. The molecule has 0 radical (unpaired) electrons. The lowest BCUT2D eigenvalue weighted by molar-refractivity contribution is 0.102. The van der Waals surface area contributed by atoms with Gasteiger partial charge >= 0.3 is 0 Å². The Balaban J connectivity index is 1.55. The number of anilines is 2. The summed E-state index contributed by atoms with van der Waals surface area (Å²) in [6, 6.07) is 14.1. The van der Waals surface area contributed by atoms with Gasteiger partial charge in [0.05, 0.1) is 38.6 Å². The maximum absolute atomic E-state index is 14.4. The van der Waals surface area contributed by atoms with Crippen LogP contribution in [0, 0.1) is 5.41 Å². The molecule has 1 aliphatic rings. The van der Waals surface area contributed by atoms with Crippen molar-refractivity contribution in [1.82, 2.24) is 19.5 Å². The van der Waals surface area contributed by atoms with Crippen LogP contribution in [0.4, 0.5) is 17.1 Å². The average molecular weight is 840 g/mol. The molecule has 4 aromatic carbocycles. The van der Waals surface area contributed by atoms with Crippen LogP contribution in [0.2, 0.25) is 5.28 Å². The Morgan fingerprint density at radius 3 is 2.14 bits per heavy atom. The van der Waals surface area contributed by atoms with Gasteiger partial charge in [-0.25, -0.2) is 4.99 Å². The Kier molecular flexibility index (Phi) is 9.03. The van der Waals surface area contributed by atoms with Crippen LogP contribution in [0.3, 0.4) is 0 Å². The quantitative estimate of drug-likeness (QED) is 0.0855. The summed E-state index contributed by atoms with van der Waals surface area (Å²) in [4.78, 5) is 52.2. The number of rotatable bonds is 8. The molecule has 2 heterocycles. The molecule has 0 saturated heterocycles. The Bertz CT molecular complexity index is 3320. The van der Waals surface area contributed by atoms with Crippen molar-refractivity contribution in [2.75, 3.05) is 5.32 Å². The van der Waals surface area contributed by atoms with Crippen molar-refractivity contribution in [1.29, 1.82) is 5.41 Å². The summed E-state index contributed by atoms with van der Waals surface area (Å²) in [6.07, 6.45) is 0. The number of aromatic amines is 2. The first-order valence-electron chi connectivity index (χ1n) is 15.5. The van der Waals surface area contributed by atoms with Crippen LogP contribution in [0.15, 0.2) is 97.3 Å². The molecule has 23 heteroatoms. The van der Waals surface area contributed by atoms with Gasteiger partial charge in [0.15, 0.2) is 11.6 Å². The molecule has 286 valence electrons. The lowest BCUT2D eigenvalue weighted by Gasteiger charge is -2.26. The highest BCUT2D eigenvalue weighted by Crippen LogP contribution is 2.45. The second kappa shape index (κ2) is 13.3. The van der Waals surface area contributed by atoms with Gasteiger partial charge in [0.1, 0.15) is 9.79 Å². The minimum atomic E-state index is -5.32. The fraction of sp³-hybridized carbons (Fsp3) is 0.0303. The van der Waals surface area contributed by atoms with Crippen LogP contribution in [0.5, 0.6) is 0 Å². The van der Waals surface area contributed by atoms with Gasteiger partial charge in [-0.1, -0.05) is 36.4 Å².